The van der Waals surface area contributed by atoms with E-state index in [1.165, 1.54) is 34.6 Å². The fraction of sp³-hybridized carbons (Fsp3) is 0.630. The van der Waals surface area contributed by atoms with Crippen molar-refractivity contribution in [2.24, 2.45) is 11.8 Å². The van der Waals surface area contributed by atoms with Gasteiger partial charge in [0.2, 0.25) is 11.8 Å². The van der Waals surface area contributed by atoms with Gasteiger partial charge in [0.1, 0.15) is 29.6 Å². The molecule has 9 atom stereocenters. The Morgan fingerprint density at radius 2 is 1.79 bits per heavy atom. The molecule has 0 aliphatic carbocycles. The third kappa shape index (κ3) is 15.6. The number of epoxide rings is 1. The molecule has 5 N–H and O–H groups in total. The molecule has 4 rings (SSSR count). The minimum Gasteiger partial charge on any atom is -0.481 e. The standard InChI is InChI=1S/C46H65ClN4O16S3/c1-25-12-11-13-27(3)46(60)24-32(64-43(59)48-46)28(4)40-45(8,66-40)34(23-37(54)51(10)31-22-30(20-25)21-26(2)39(31)47)65-41(57)29(5)50(9)36(53)16-18-44(6,7)69-68-19-17-33(70(61,62)63)42(58)67-49-35(52)14-15-38(55)56/h11-13,21-22,27-29,32-34,40,60H,14-20,23-24H2,1-10H3,(H,48,59)(H,49,52)(H,55,56)(H,61,62,63)/b13-11+,25-12+. The highest BCUT2D eigenvalue weighted by Crippen LogP contribution is 2.49. The maximum Gasteiger partial charge on any atom is 0.409 e. The summed E-state index contributed by atoms with van der Waals surface area (Å²) < 4.78 is 51.0. The van der Waals surface area contributed by atoms with Crippen LogP contribution >= 0.6 is 33.2 Å². The van der Waals surface area contributed by atoms with Gasteiger partial charge in [0.15, 0.2) is 5.25 Å². The summed E-state index contributed by atoms with van der Waals surface area (Å²) >= 11 is 6.80. The third-order valence-corrected chi connectivity index (χ3v) is 17.8. The summed E-state index contributed by atoms with van der Waals surface area (Å²) in [5.74, 6) is -6.49. The molecule has 24 heteroatoms. The Balaban J connectivity index is 1.46. The van der Waals surface area contributed by atoms with E-state index in [4.69, 9.17) is 30.9 Å². The molecular weight excluding hydrogens is 996 g/mol. The molecule has 0 spiro atoms. The van der Waals surface area contributed by atoms with Crippen LogP contribution in [0.3, 0.4) is 0 Å². The van der Waals surface area contributed by atoms with Crippen molar-refractivity contribution in [1.82, 2.24) is 15.7 Å². The quantitative estimate of drug-likeness (QED) is 0.0261. The average Bonchev–Trinajstić information content (AvgIpc) is 3.97. The summed E-state index contributed by atoms with van der Waals surface area (Å²) in [5, 5.41) is 21.3. The van der Waals surface area contributed by atoms with E-state index in [-0.39, 0.29) is 31.4 Å². The van der Waals surface area contributed by atoms with Crippen LogP contribution in [0.25, 0.3) is 0 Å². The number of carbonyl (C=O) groups is 7. The normalized spacial score (nSPS) is 27.2. The van der Waals surface area contributed by atoms with Gasteiger partial charge in [-0.25, -0.2) is 14.4 Å². The number of alkyl carbamates (subject to hydrolysis) is 1. The summed E-state index contributed by atoms with van der Waals surface area (Å²) in [6.45, 7) is 14.2. The van der Waals surface area contributed by atoms with Gasteiger partial charge in [-0.2, -0.15) is 13.9 Å². The number of benzene rings is 1. The Hall–Kier alpha value is -4.39. The fourth-order valence-electron chi connectivity index (χ4n) is 7.97. The number of carbonyl (C=O) groups excluding carboxylic acids is 6. The number of fused-ring (bicyclic) bond motifs is 5. The van der Waals surface area contributed by atoms with Gasteiger partial charge in [-0.3, -0.25) is 29.0 Å². The van der Waals surface area contributed by atoms with Crippen LogP contribution in [0.5, 0.6) is 0 Å². The zero-order chi connectivity index (χ0) is 52.7. The second-order valence-electron chi connectivity index (χ2n) is 18.9. The lowest BCUT2D eigenvalue weighted by atomic mass is 9.82. The molecule has 390 valence electrons. The largest absolute Gasteiger partial charge is 0.481 e. The van der Waals surface area contributed by atoms with Crippen LogP contribution in [-0.4, -0.2) is 135 Å². The Morgan fingerprint density at radius 3 is 2.43 bits per heavy atom. The van der Waals surface area contributed by atoms with Crippen molar-refractivity contribution in [3.63, 3.8) is 0 Å². The predicted octanol–water partition coefficient (Wildman–Crippen LogP) is 5.46. The molecule has 0 saturated carbocycles. The zero-order valence-electron chi connectivity index (χ0n) is 40.9. The first-order chi connectivity index (χ1) is 32.4. The van der Waals surface area contributed by atoms with Crippen molar-refractivity contribution in [2.75, 3.05) is 24.7 Å². The van der Waals surface area contributed by atoms with Crippen LogP contribution < -0.4 is 15.7 Å². The maximum atomic E-state index is 14.3. The number of esters is 1. The minimum atomic E-state index is -4.95. The molecule has 1 aromatic carbocycles. The summed E-state index contributed by atoms with van der Waals surface area (Å²) in [6.07, 6.45) is 0.873. The Kier molecular flexibility index (Phi) is 19.9. The minimum absolute atomic E-state index is 0.00453. The van der Waals surface area contributed by atoms with Gasteiger partial charge in [-0.05, 0) is 78.0 Å². The lowest BCUT2D eigenvalue weighted by Crippen LogP contribution is -2.60. The summed E-state index contributed by atoms with van der Waals surface area (Å²) in [4.78, 5) is 96.7. The highest BCUT2D eigenvalue weighted by molar-refractivity contribution is 8.77. The van der Waals surface area contributed by atoms with E-state index in [0.29, 0.717) is 17.1 Å². The van der Waals surface area contributed by atoms with E-state index >= 15 is 0 Å². The van der Waals surface area contributed by atoms with Crippen molar-refractivity contribution in [3.8, 4) is 0 Å². The number of nitrogens with one attached hydrogen (secondary N) is 2. The van der Waals surface area contributed by atoms with Crippen LogP contribution in [0.2, 0.25) is 5.02 Å². The highest BCUT2D eigenvalue weighted by atomic mass is 35.5. The number of aryl methyl sites for hydroxylation is 1. The van der Waals surface area contributed by atoms with Gasteiger partial charge >= 0.3 is 24.0 Å². The molecule has 1 aromatic rings. The molecule has 2 saturated heterocycles. The first-order valence-corrected chi connectivity index (χ1v) is 26.8. The predicted molar refractivity (Wildman–Crippen MR) is 262 cm³/mol. The van der Waals surface area contributed by atoms with Crippen LogP contribution in [0.4, 0.5) is 10.5 Å². The number of nitrogens with zero attached hydrogens (tertiary/aromatic N) is 2. The number of hydrogen-bond acceptors (Lipinski definition) is 16. The van der Waals surface area contributed by atoms with Gasteiger partial charge in [0.25, 0.3) is 16.0 Å². The topological polar surface area (TPSA) is 285 Å². The smallest absolute Gasteiger partial charge is 0.409 e. The fourth-order valence-corrected chi connectivity index (χ4v) is 11.7. The Bertz CT molecular complexity index is 2350. The number of allylic oxidation sites excluding steroid dienone is 3. The number of rotatable bonds is 16. The number of hydrogen-bond donors (Lipinski definition) is 5. The molecular formula is C46H65ClN4O16S3. The molecule has 2 fully saturated rings. The van der Waals surface area contributed by atoms with Gasteiger partial charge in [0.05, 0.1) is 29.7 Å². The van der Waals surface area contributed by atoms with E-state index in [1.54, 1.807) is 39.4 Å². The van der Waals surface area contributed by atoms with Crippen molar-refractivity contribution in [1.29, 1.82) is 0 Å². The third-order valence-electron chi connectivity index (χ3n) is 12.8. The van der Waals surface area contributed by atoms with Crippen LogP contribution in [-0.2, 0) is 64.4 Å². The van der Waals surface area contributed by atoms with Gasteiger partial charge in [-0.1, -0.05) is 76.9 Å². The van der Waals surface area contributed by atoms with Crippen molar-refractivity contribution >= 4 is 90.7 Å². The second-order valence-corrected chi connectivity index (χ2v) is 24.0. The number of halogens is 1. The first kappa shape index (κ1) is 58.2. The van der Waals surface area contributed by atoms with E-state index in [2.05, 4.69) is 10.2 Å². The van der Waals surface area contributed by atoms with E-state index < -0.39 is 129 Å². The molecule has 70 heavy (non-hydrogen) atoms. The number of hydroxylamine groups is 1. The molecule has 3 aliphatic heterocycles. The maximum absolute atomic E-state index is 14.3. The van der Waals surface area contributed by atoms with Crippen LogP contribution in [0.1, 0.15) is 105 Å². The molecule has 20 nitrogen and oxygen atoms in total. The average molecular weight is 1060 g/mol. The van der Waals surface area contributed by atoms with Crippen molar-refractivity contribution in [3.05, 3.63) is 52.1 Å². The van der Waals surface area contributed by atoms with E-state index in [9.17, 15) is 51.6 Å². The molecule has 4 bridgehead atoms. The Labute approximate surface area is 421 Å². The molecule has 4 amide bonds. The number of carboxylic acid groups (broad SMARTS) is 1. The number of aliphatic hydroxyl groups is 1. The van der Waals surface area contributed by atoms with Crippen LogP contribution in [0, 0.1) is 18.8 Å². The molecule has 9 unspecified atom stereocenters. The van der Waals surface area contributed by atoms with Crippen LogP contribution in [0.15, 0.2) is 35.9 Å². The van der Waals surface area contributed by atoms with Gasteiger partial charge < -0.3 is 39.1 Å². The van der Waals surface area contributed by atoms with Crippen molar-refractivity contribution in [2.45, 2.75) is 152 Å². The number of likely N-dealkylation sites (N-methyl/N-ethyl adjacent to an activating group) is 1. The number of amides is 4. The SMILES string of the molecule is C/C1=C\C=C\C(C)C2(O)CC(OC(=O)N2)C(C)C2OC2(C)C(OC(=O)C(C)N(C)C(=O)CCC(C)(C)SSCCC(C(=O)ONC(=O)CCC(=O)O)S(=O)(=O)O)CC(=O)N(C)c2cc(cc(C)c2Cl)C1. The lowest BCUT2D eigenvalue weighted by Gasteiger charge is -2.41. The number of anilines is 1. The number of carboxylic acids is 1. The van der Waals surface area contributed by atoms with Gasteiger partial charge in [0, 0.05) is 55.7 Å². The molecule has 3 aliphatic rings. The molecule has 0 aromatic heterocycles. The second kappa shape index (κ2) is 23.9. The van der Waals surface area contributed by atoms with E-state index in [1.807, 2.05) is 52.0 Å². The number of aliphatic carboxylic acids is 1. The van der Waals surface area contributed by atoms with Gasteiger partial charge in [-0.15, -0.1) is 0 Å². The monoisotopic (exact) mass is 1060 g/mol. The highest BCUT2D eigenvalue weighted by Gasteiger charge is 2.64. The van der Waals surface area contributed by atoms with Crippen molar-refractivity contribution < 1.29 is 75.8 Å². The molecule has 3 heterocycles. The summed E-state index contributed by atoms with van der Waals surface area (Å²) in [6, 6.07) is 2.62. The first-order valence-electron chi connectivity index (χ1n) is 22.6. The Morgan fingerprint density at radius 1 is 1.11 bits per heavy atom. The summed E-state index contributed by atoms with van der Waals surface area (Å²) in [7, 11) is 0.495. The number of ether oxygens (including phenoxy) is 3. The lowest BCUT2D eigenvalue weighted by molar-refractivity contribution is -0.162. The summed E-state index contributed by atoms with van der Waals surface area (Å²) in [5.41, 5.74) is 1.77. The zero-order valence-corrected chi connectivity index (χ0v) is 44.1. The molecule has 0 radical (unpaired) electrons. The van der Waals surface area contributed by atoms with E-state index in [0.717, 1.165) is 27.5 Å².